The molecule has 0 fully saturated rings. The number of carboxylic acids is 1. The molecule has 1 N–H and O–H groups in total. The van der Waals surface area contributed by atoms with Gasteiger partial charge in [-0.15, -0.1) is 23.5 Å². The smallest absolute Gasteiger partial charge is 0.304 e. The van der Waals surface area contributed by atoms with Crippen LogP contribution in [0.2, 0.25) is 0 Å². The van der Waals surface area contributed by atoms with Gasteiger partial charge >= 0.3 is 5.97 Å². The Morgan fingerprint density at radius 3 is 2.20 bits per heavy atom. The van der Waals surface area contributed by atoms with Crippen LogP contribution in [0.3, 0.4) is 0 Å². The zero-order valence-corrected chi connectivity index (χ0v) is 10.2. The van der Waals surface area contributed by atoms with Gasteiger partial charge < -0.3 is 5.11 Å². The first-order valence-electron chi connectivity index (χ1n) is 4.80. The van der Waals surface area contributed by atoms with Gasteiger partial charge in [0.1, 0.15) is 0 Å². The van der Waals surface area contributed by atoms with Crippen LogP contribution in [0, 0.1) is 0 Å². The summed E-state index contributed by atoms with van der Waals surface area (Å²) < 4.78 is 0. The molecule has 1 aromatic rings. The van der Waals surface area contributed by atoms with Gasteiger partial charge in [0.25, 0.3) is 0 Å². The van der Waals surface area contributed by atoms with Gasteiger partial charge in [-0.05, 0) is 30.0 Å². The highest BCUT2D eigenvalue weighted by Crippen LogP contribution is 2.23. The minimum absolute atomic E-state index is 0.218. The normalized spacial score (nSPS) is 10.2. The summed E-state index contributed by atoms with van der Waals surface area (Å²) in [6.07, 6.45) is 0.218. The summed E-state index contributed by atoms with van der Waals surface area (Å²) in [5, 5.41) is 8.49. The van der Waals surface area contributed by atoms with Crippen molar-refractivity contribution in [1.29, 1.82) is 0 Å². The monoisotopic (exact) mass is 242 g/mol. The van der Waals surface area contributed by atoms with Crippen LogP contribution in [-0.2, 0) is 4.79 Å². The van der Waals surface area contributed by atoms with E-state index in [0.717, 1.165) is 10.6 Å². The molecule has 0 saturated carbocycles. The molecule has 82 valence electrons. The first-order chi connectivity index (χ1) is 7.22. The summed E-state index contributed by atoms with van der Waals surface area (Å²) >= 11 is 3.39. The van der Waals surface area contributed by atoms with Crippen LogP contribution >= 0.6 is 23.5 Å². The van der Waals surface area contributed by atoms with Gasteiger partial charge in [0.05, 0.1) is 6.42 Å². The number of hydrogen-bond donors (Lipinski definition) is 1. The van der Waals surface area contributed by atoms with Gasteiger partial charge in [-0.25, -0.2) is 0 Å². The van der Waals surface area contributed by atoms with E-state index in [1.807, 2.05) is 23.9 Å². The Morgan fingerprint density at radius 2 is 1.73 bits per heavy atom. The summed E-state index contributed by atoms with van der Waals surface area (Å²) in [6, 6.07) is 8.25. The van der Waals surface area contributed by atoms with Crippen molar-refractivity contribution in [2.24, 2.45) is 0 Å². The molecule has 0 aliphatic carbocycles. The summed E-state index contributed by atoms with van der Waals surface area (Å²) in [6.45, 7) is 2.13. The average Bonchev–Trinajstić information content (AvgIpc) is 2.20. The Labute approximate surface area is 98.5 Å². The van der Waals surface area contributed by atoms with E-state index in [2.05, 4.69) is 19.1 Å². The van der Waals surface area contributed by atoms with Crippen LogP contribution in [0.15, 0.2) is 34.1 Å². The molecule has 15 heavy (non-hydrogen) atoms. The Bertz CT molecular complexity index is 309. The van der Waals surface area contributed by atoms with Crippen molar-refractivity contribution in [3.8, 4) is 0 Å². The minimum atomic E-state index is -0.736. The average molecular weight is 242 g/mol. The number of carbonyl (C=O) groups is 1. The first-order valence-corrected chi connectivity index (χ1v) is 6.77. The Morgan fingerprint density at radius 1 is 1.20 bits per heavy atom. The third kappa shape index (κ3) is 5.14. The molecule has 1 aromatic carbocycles. The maximum atomic E-state index is 10.3. The van der Waals surface area contributed by atoms with Crippen molar-refractivity contribution >= 4 is 29.5 Å². The number of carboxylic acid groups (broad SMARTS) is 1. The van der Waals surface area contributed by atoms with Crippen LogP contribution in [-0.4, -0.2) is 22.6 Å². The molecule has 0 amide bonds. The summed E-state index contributed by atoms with van der Waals surface area (Å²) in [5.41, 5.74) is 0. The molecule has 0 bridgehead atoms. The van der Waals surface area contributed by atoms with E-state index in [1.54, 1.807) is 11.8 Å². The lowest BCUT2D eigenvalue weighted by Crippen LogP contribution is -1.95. The van der Waals surface area contributed by atoms with E-state index in [0.29, 0.717) is 5.75 Å². The molecule has 0 aliphatic heterocycles. The fourth-order valence-electron chi connectivity index (χ4n) is 1.05. The quantitative estimate of drug-likeness (QED) is 0.776. The molecule has 0 saturated heterocycles. The molecule has 0 heterocycles. The summed E-state index contributed by atoms with van der Waals surface area (Å²) in [7, 11) is 0. The number of benzene rings is 1. The fraction of sp³-hybridized carbons (Fsp3) is 0.364. The van der Waals surface area contributed by atoms with E-state index >= 15 is 0 Å². The highest BCUT2D eigenvalue weighted by molar-refractivity contribution is 7.99. The highest BCUT2D eigenvalue weighted by atomic mass is 32.2. The van der Waals surface area contributed by atoms with Gasteiger partial charge in [0.2, 0.25) is 0 Å². The number of thioether (sulfide) groups is 2. The zero-order valence-electron chi connectivity index (χ0n) is 8.60. The molecule has 0 unspecified atom stereocenters. The molecule has 0 spiro atoms. The Hall–Kier alpha value is -0.610. The molecule has 0 atom stereocenters. The third-order valence-electron chi connectivity index (χ3n) is 1.72. The van der Waals surface area contributed by atoms with Gasteiger partial charge in [-0.3, -0.25) is 4.79 Å². The van der Waals surface area contributed by atoms with E-state index < -0.39 is 5.97 Å². The van der Waals surface area contributed by atoms with Crippen molar-refractivity contribution < 1.29 is 9.90 Å². The maximum Gasteiger partial charge on any atom is 0.304 e. The van der Waals surface area contributed by atoms with E-state index in [-0.39, 0.29) is 6.42 Å². The lowest BCUT2D eigenvalue weighted by atomic mass is 10.4. The molecule has 0 aromatic heterocycles. The molecular formula is C11H14O2S2. The van der Waals surface area contributed by atoms with Crippen molar-refractivity contribution in [3.63, 3.8) is 0 Å². The topological polar surface area (TPSA) is 37.3 Å². The van der Waals surface area contributed by atoms with E-state index in [4.69, 9.17) is 5.11 Å². The number of hydrogen-bond acceptors (Lipinski definition) is 3. The zero-order chi connectivity index (χ0) is 11.1. The SMILES string of the molecule is CCSc1ccc(SCCC(=O)O)cc1. The second-order valence-corrected chi connectivity index (χ2v) is 5.40. The molecule has 0 radical (unpaired) electrons. The van der Waals surface area contributed by atoms with E-state index in [1.165, 1.54) is 4.90 Å². The van der Waals surface area contributed by atoms with Crippen LogP contribution in [0.1, 0.15) is 13.3 Å². The molecule has 4 heteroatoms. The van der Waals surface area contributed by atoms with Crippen LogP contribution in [0.25, 0.3) is 0 Å². The second-order valence-electron chi connectivity index (χ2n) is 2.90. The third-order valence-corrected chi connectivity index (χ3v) is 3.63. The minimum Gasteiger partial charge on any atom is -0.481 e. The lowest BCUT2D eigenvalue weighted by molar-refractivity contribution is -0.136. The summed E-state index contributed by atoms with van der Waals surface area (Å²) in [4.78, 5) is 12.7. The Balaban J connectivity index is 2.39. The second kappa shape index (κ2) is 6.80. The van der Waals surface area contributed by atoms with Crippen LogP contribution < -0.4 is 0 Å². The van der Waals surface area contributed by atoms with Crippen LogP contribution in [0.5, 0.6) is 0 Å². The van der Waals surface area contributed by atoms with Crippen LogP contribution in [0.4, 0.5) is 0 Å². The predicted molar refractivity (Wildman–Crippen MR) is 65.8 cm³/mol. The Kier molecular flexibility index (Phi) is 5.65. The molecule has 2 nitrogen and oxygen atoms in total. The largest absolute Gasteiger partial charge is 0.481 e. The van der Waals surface area contributed by atoms with E-state index in [9.17, 15) is 4.79 Å². The standard InChI is InChI=1S/C11H14O2S2/c1-2-14-9-3-5-10(6-4-9)15-8-7-11(12)13/h3-6H,2,7-8H2,1H3,(H,12,13). The van der Waals surface area contributed by atoms with Crippen molar-refractivity contribution in [3.05, 3.63) is 24.3 Å². The fourth-order valence-corrected chi connectivity index (χ4v) is 2.56. The van der Waals surface area contributed by atoms with Crippen molar-refractivity contribution in [2.45, 2.75) is 23.1 Å². The number of aliphatic carboxylic acids is 1. The maximum absolute atomic E-state index is 10.3. The van der Waals surface area contributed by atoms with Gasteiger partial charge in [0.15, 0.2) is 0 Å². The predicted octanol–water partition coefficient (Wildman–Crippen LogP) is 3.37. The van der Waals surface area contributed by atoms with Gasteiger partial charge in [-0.2, -0.15) is 0 Å². The van der Waals surface area contributed by atoms with Crippen molar-refractivity contribution in [1.82, 2.24) is 0 Å². The van der Waals surface area contributed by atoms with Crippen molar-refractivity contribution in [2.75, 3.05) is 11.5 Å². The molecule has 1 rings (SSSR count). The molecule has 0 aliphatic rings. The van der Waals surface area contributed by atoms with Gasteiger partial charge in [-0.1, -0.05) is 6.92 Å². The lowest BCUT2D eigenvalue weighted by Gasteiger charge is -2.01. The number of rotatable bonds is 6. The van der Waals surface area contributed by atoms with Gasteiger partial charge in [0, 0.05) is 15.5 Å². The first kappa shape index (κ1) is 12.5. The highest BCUT2D eigenvalue weighted by Gasteiger charge is 1.99. The summed E-state index contributed by atoms with van der Waals surface area (Å²) in [5.74, 6) is 0.974. The molecular weight excluding hydrogens is 228 g/mol.